The van der Waals surface area contributed by atoms with Crippen LogP contribution in [0.1, 0.15) is 66.9 Å². The van der Waals surface area contributed by atoms with E-state index in [1.165, 1.54) is 5.56 Å². The van der Waals surface area contributed by atoms with Crippen LogP contribution >= 0.6 is 11.6 Å². The zero-order chi connectivity index (χ0) is 21.0. The standard InChI is InChI=1S/C24H28ClN3O/c1-16(2)17-4-6-18(7-5-17)24(29)27-20-9-12-21(13-10-20)28(3)22-11-8-19(15-26)23(25)14-22/h4-8,11,14,16,20-21H,9-10,12-13H2,1-3H3,(H,27,29). The molecule has 4 nitrogen and oxygen atoms in total. The average Bonchev–Trinajstić information content (AvgIpc) is 2.73. The van der Waals surface area contributed by atoms with Crippen molar-refractivity contribution in [1.29, 1.82) is 5.26 Å². The van der Waals surface area contributed by atoms with E-state index in [1.54, 1.807) is 6.07 Å². The Labute approximate surface area is 178 Å². The van der Waals surface area contributed by atoms with Gasteiger partial charge < -0.3 is 10.2 Å². The second kappa shape index (κ2) is 9.33. The fourth-order valence-corrected chi connectivity index (χ4v) is 4.14. The van der Waals surface area contributed by atoms with Crippen LogP contribution in [0.5, 0.6) is 0 Å². The maximum atomic E-state index is 12.6. The molecule has 0 bridgehead atoms. The molecule has 1 aliphatic rings. The monoisotopic (exact) mass is 409 g/mol. The molecule has 1 amide bonds. The van der Waals surface area contributed by atoms with Gasteiger partial charge >= 0.3 is 0 Å². The Kier molecular flexibility index (Phi) is 6.82. The predicted molar refractivity (Wildman–Crippen MR) is 119 cm³/mol. The molecule has 0 aromatic heterocycles. The van der Waals surface area contributed by atoms with Gasteiger partial charge in [0.1, 0.15) is 6.07 Å². The van der Waals surface area contributed by atoms with Gasteiger partial charge in [0.15, 0.2) is 0 Å². The van der Waals surface area contributed by atoms with Crippen molar-refractivity contribution in [3.8, 4) is 6.07 Å². The van der Waals surface area contributed by atoms with Crippen molar-refractivity contribution in [2.75, 3.05) is 11.9 Å². The van der Waals surface area contributed by atoms with E-state index in [-0.39, 0.29) is 11.9 Å². The van der Waals surface area contributed by atoms with Gasteiger partial charge in [0.05, 0.1) is 10.6 Å². The molecule has 1 saturated carbocycles. The lowest BCUT2D eigenvalue weighted by atomic mass is 9.89. The number of nitrogens with one attached hydrogen (secondary N) is 1. The molecule has 0 unspecified atom stereocenters. The van der Waals surface area contributed by atoms with Gasteiger partial charge in [-0.1, -0.05) is 37.6 Å². The van der Waals surface area contributed by atoms with Crippen LogP contribution in [0.4, 0.5) is 5.69 Å². The third-order valence-corrected chi connectivity index (χ3v) is 6.21. The minimum Gasteiger partial charge on any atom is -0.372 e. The van der Waals surface area contributed by atoms with Gasteiger partial charge in [0.25, 0.3) is 5.91 Å². The lowest BCUT2D eigenvalue weighted by Gasteiger charge is -2.36. The number of rotatable bonds is 5. The number of hydrogen-bond donors (Lipinski definition) is 1. The van der Waals surface area contributed by atoms with E-state index in [2.05, 4.69) is 37.2 Å². The smallest absolute Gasteiger partial charge is 0.251 e. The Morgan fingerprint density at radius 3 is 2.34 bits per heavy atom. The van der Waals surface area contributed by atoms with Crippen molar-refractivity contribution in [2.24, 2.45) is 0 Å². The number of carbonyl (C=O) groups is 1. The molecule has 2 aromatic rings. The molecular formula is C24H28ClN3O. The quantitative estimate of drug-likeness (QED) is 0.708. The van der Waals surface area contributed by atoms with E-state index >= 15 is 0 Å². The van der Waals surface area contributed by atoms with Crippen LogP contribution in [0, 0.1) is 11.3 Å². The van der Waals surface area contributed by atoms with Gasteiger partial charge in [-0.15, -0.1) is 0 Å². The fraction of sp³-hybridized carbons (Fsp3) is 0.417. The number of hydrogen-bond acceptors (Lipinski definition) is 3. The van der Waals surface area contributed by atoms with E-state index in [1.807, 2.05) is 36.4 Å². The second-order valence-electron chi connectivity index (χ2n) is 8.14. The van der Waals surface area contributed by atoms with Gasteiger partial charge in [-0.05, 0) is 67.5 Å². The fourth-order valence-electron chi connectivity index (χ4n) is 3.92. The van der Waals surface area contributed by atoms with Crippen molar-refractivity contribution >= 4 is 23.2 Å². The van der Waals surface area contributed by atoms with Crippen LogP contribution in [-0.4, -0.2) is 25.0 Å². The molecule has 0 aliphatic heterocycles. The predicted octanol–water partition coefficient (Wildman–Crippen LogP) is 5.51. The van der Waals surface area contributed by atoms with Gasteiger partial charge in [-0.2, -0.15) is 5.26 Å². The van der Waals surface area contributed by atoms with Gasteiger partial charge in [-0.3, -0.25) is 4.79 Å². The SMILES string of the molecule is CC(C)c1ccc(C(=O)NC2CCC(N(C)c3ccc(C#N)c(Cl)c3)CC2)cc1. The largest absolute Gasteiger partial charge is 0.372 e. The molecule has 2 aromatic carbocycles. The minimum atomic E-state index is 0.0102. The third kappa shape index (κ3) is 5.10. The van der Waals surface area contributed by atoms with E-state index in [9.17, 15) is 4.79 Å². The molecule has 0 radical (unpaired) electrons. The maximum absolute atomic E-state index is 12.6. The van der Waals surface area contributed by atoms with E-state index in [0.29, 0.717) is 22.5 Å². The molecule has 1 N–H and O–H groups in total. The Bertz CT molecular complexity index is 893. The highest BCUT2D eigenvalue weighted by molar-refractivity contribution is 6.32. The van der Waals surface area contributed by atoms with Crippen molar-refractivity contribution in [1.82, 2.24) is 5.32 Å². The molecule has 0 heterocycles. The molecular weight excluding hydrogens is 382 g/mol. The number of nitriles is 1. The number of carbonyl (C=O) groups excluding carboxylic acids is 1. The van der Waals surface area contributed by atoms with Gasteiger partial charge in [-0.25, -0.2) is 0 Å². The molecule has 3 rings (SSSR count). The molecule has 5 heteroatoms. The van der Waals surface area contributed by atoms with Gasteiger partial charge in [0, 0.05) is 30.4 Å². The van der Waals surface area contributed by atoms with E-state index in [0.717, 1.165) is 36.9 Å². The Morgan fingerprint density at radius 1 is 1.14 bits per heavy atom. The van der Waals surface area contributed by atoms with Crippen LogP contribution in [0.25, 0.3) is 0 Å². The summed E-state index contributed by atoms with van der Waals surface area (Å²) in [5.74, 6) is 0.473. The summed E-state index contributed by atoms with van der Waals surface area (Å²) in [6.07, 6.45) is 3.92. The molecule has 1 fully saturated rings. The molecule has 152 valence electrons. The summed E-state index contributed by atoms with van der Waals surface area (Å²) in [6, 6.07) is 16.2. The number of benzene rings is 2. The Morgan fingerprint density at radius 2 is 1.79 bits per heavy atom. The third-order valence-electron chi connectivity index (χ3n) is 5.90. The maximum Gasteiger partial charge on any atom is 0.251 e. The lowest BCUT2D eigenvalue weighted by molar-refractivity contribution is 0.0926. The Balaban J connectivity index is 1.54. The summed E-state index contributed by atoms with van der Waals surface area (Å²) in [5.41, 5.74) is 3.48. The van der Waals surface area contributed by atoms with E-state index < -0.39 is 0 Å². The first-order chi connectivity index (χ1) is 13.9. The van der Waals surface area contributed by atoms with Crippen LogP contribution in [0.3, 0.4) is 0 Å². The van der Waals surface area contributed by atoms with Crippen molar-refractivity contribution < 1.29 is 4.79 Å². The molecule has 0 atom stereocenters. The van der Waals surface area contributed by atoms with E-state index in [4.69, 9.17) is 16.9 Å². The summed E-state index contributed by atoms with van der Waals surface area (Å²) >= 11 is 6.18. The summed E-state index contributed by atoms with van der Waals surface area (Å²) in [5, 5.41) is 12.7. The van der Waals surface area contributed by atoms with Crippen LogP contribution in [-0.2, 0) is 0 Å². The normalized spacial score (nSPS) is 18.9. The molecule has 1 aliphatic carbocycles. The van der Waals surface area contributed by atoms with Crippen LogP contribution in [0.15, 0.2) is 42.5 Å². The average molecular weight is 410 g/mol. The van der Waals surface area contributed by atoms with Gasteiger partial charge in [0.2, 0.25) is 0 Å². The van der Waals surface area contributed by atoms with Crippen LogP contribution in [0.2, 0.25) is 5.02 Å². The van der Waals surface area contributed by atoms with Crippen molar-refractivity contribution in [2.45, 2.75) is 57.5 Å². The number of halogens is 1. The number of amides is 1. The molecule has 0 spiro atoms. The summed E-state index contributed by atoms with van der Waals surface area (Å²) in [7, 11) is 2.07. The molecule has 0 saturated heterocycles. The zero-order valence-corrected chi connectivity index (χ0v) is 18.0. The summed E-state index contributed by atoms with van der Waals surface area (Å²) in [4.78, 5) is 14.8. The lowest BCUT2D eigenvalue weighted by Crippen LogP contribution is -2.42. The highest BCUT2D eigenvalue weighted by atomic mass is 35.5. The first-order valence-corrected chi connectivity index (χ1v) is 10.6. The first-order valence-electron chi connectivity index (χ1n) is 10.2. The van der Waals surface area contributed by atoms with Crippen molar-refractivity contribution in [3.63, 3.8) is 0 Å². The van der Waals surface area contributed by atoms with Crippen molar-refractivity contribution in [3.05, 3.63) is 64.2 Å². The zero-order valence-electron chi connectivity index (χ0n) is 17.3. The number of nitrogens with zero attached hydrogens (tertiary/aromatic N) is 2. The topological polar surface area (TPSA) is 56.1 Å². The first kappa shape index (κ1) is 21.2. The summed E-state index contributed by atoms with van der Waals surface area (Å²) in [6.45, 7) is 4.30. The summed E-state index contributed by atoms with van der Waals surface area (Å²) < 4.78 is 0. The second-order valence-corrected chi connectivity index (χ2v) is 8.55. The highest BCUT2D eigenvalue weighted by Gasteiger charge is 2.25. The minimum absolute atomic E-state index is 0.0102. The van der Waals surface area contributed by atoms with Crippen LogP contribution < -0.4 is 10.2 Å². The Hall–Kier alpha value is -2.51. The highest BCUT2D eigenvalue weighted by Crippen LogP contribution is 2.29. The molecule has 29 heavy (non-hydrogen) atoms. The number of anilines is 1.